The summed E-state index contributed by atoms with van der Waals surface area (Å²) in [4.78, 5) is 12.2. The summed E-state index contributed by atoms with van der Waals surface area (Å²) in [6.45, 7) is 4.05. The van der Waals surface area contributed by atoms with Crippen LogP contribution in [0.15, 0.2) is 36.4 Å². The Labute approximate surface area is 145 Å². The molecule has 0 spiro atoms. The molecule has 0 unspecified atom stereocenters. The molecule has 2 aromatic rings. The first kappa shape index (κ1) is 17.2. The molecule has 0 aliphatic rings. The van der Waals surface area contributed by atoms with Crippen LogP contribution in [0, 0.1) is 13.8 Å². The van der Waals surface area contributed by atoms with Gasteiger partial charge in [0, 0.05) is 11.3 Å². The van der Waals surface area contributed by atoms with Gasteiger partial charge in [-0.15, -0.1) is 0 Å². The Morgan fingerprint density at radius 2 is 1.87 bits per heavy atom. The number of hydrogen-bond acceptors (Lipinski definition) is 3. The molecule has 4 nitrogen and oxygen atoms in total. The summed E-state index contributed by atoms with van der Waals surface area (Å²) in [6, 6.07) is 10.7. The zero-order valence-corrected chi connectivity index (χ0v) is 14.6. The maximum atomic E-state index is 12.2. The van der Waals surface area contributed by atoms with Crippen LogP contribution in [0.3, 0.4) is 0 Å². The number of benzene rings is 2. The molecule has 23 heavy (non-hydrogen) atoms. The summed E-state index contributed by atoms with van der Waals surface area (Å²) in [5, 5.41) is 6.21. The number of amides is 1. The smallest absolute Gasteiger partial charge is 0.257 e. The molecule has 6 heteroatoms. The number of rotatable bonds is 3. The molecular weight excluding hydrogens is 332 g/mol. The van der Waals surface area contributed by atoms with Gasteiger partial charge in [-0.05, 0) is 67.5 Å². The average molecular weight is 349 g/mol. The van der Waals surface area contributed by atoms with Crippen LogP contribution < -0.4 is 15.4 Å². The van der Waals surface area contributed by atoms with E-state index in [4.69, 9.17) is 28.6 Å². The first-order chi connectivity index (χ1) is 10.9. The minimum absolute atomic E-state index is 0.227. The molecule has 2 N–H and O–H groups in total. The van der Waals surface area contributed by atoms with E-state index in [-0.39, 0.29) is 11.0 Å². The second-order valence-corrected chi connectivity index (χ2v) is 5.87. The lowest BCUT2D eigenvalue weighted by Gasteiger charge is -2.11. The van der Waals surface area contributed by atoms with E-state index >= 15 is 0 Å². The van der Waals surface area contributed by atoms with E-state index in [1.54, 1.807) is 12.1 Å². The number of halogens is 1. The van der Waals surface area contributed by atoms with Crippen LogP contribution in [0.25, 0.3) is 0 Å². The van der Waals surface area contributed by atoms with Crippen molar-refractivity contribution in [1.29, 1.82) is 0 Å². The van der Waals surface area contributed by atoms with Crippen LogP contribution in [-0.4, -0.2) is 18.1 Å². The predicted octanol–water partition coefficient (Wildman–Crippen LogP) is 4.09. The van der Waals surface area contributed by atoms with Gasteiger partial charge in [0.15, 0.2) is 5.11 Å². The maximum absolute atomic E-state index is 12.2. The number of thiocarbonyl (C=S) groups is 1. The topological polar surface area (TPSA) is 50.4 Å². The molecule has 0 atom stereocenters. The van der Waals surface area contributed by atoms with Crippen LogP contribution in [0.5, 0.6) is 5.75 Å². The van der Waals surface area contributed by atoms with Crippen LogP contribution >= 0.6 is 23.8 Å². The van der Waals surface area contributed by atoms with Gasteiger partial charge in [0.05, 0.1) is 12.1 Å². The van der Waals surface area contributed by atoms with Gasteiger partial charge in [0.25, 0.3) is 5.91 Å². The number of nitrogens with one attached hydrogen (secondary N) is 2. The molecule has 120 valence electrons. The molecule has 0 aliphatic carbocycles. The normalized spacial score (nSPS) is 10.1. The third-order valence-corrected chi connectivity index (χ3v) is 3.91. The SMILES string of the molecule is COc1ccc(C(=O)NC(=S)Nc2ccc(C)c(C)c2)cc1Cl. The van der Waals surface area contributed by atoms with Gasteiger partial charge in [-0.2, -0.15) is 0 Å². The van der Waals surface area contributed by atoms with E-state index in [9.17, 15) is 4.79 Å². The van der Waals surface area contributed by atoms with E-state index in [2.05, 4.69) is 10.6 Å². The summed E-state index contributed by atoms with van der Waals surface area (Å²) < 4.78 is 5.06. The lowest BCUT2D eigenvalue weighted by molar-refractivity contribution is 0.0977. The Bertz CT molecular complexity index is 762. The first-order valence-corrected chi connectivity index (χ1v) is 7.72. The molecule has 2 rings (SSSR count). The van der Waals surface area contributed by atoms with Gasteiger partial charge < -0.3 is 10.1 Å². The Morgan fingerprint density at radius 1 is 1.13 bits per heavy atom. The minimum atomic E-state index is -0.337. The molecule has 0 bridgehead atoms. The zero-order valence-electron chi connectivity index (χ0n) is 13.1. The lowest BCUT2D eigenvalue weighted by Crippen LogP contribution is -2.34. The molecule has 0 aromatic heterocycles. The van der Waals surface area contributed by atoms with Crippen molar-refractivity contribution in [3.8, 4) is 5.75 Å². The van der Waals surface area contributed by atoms with Gasteiger partial charge in [0.1, 0.15) is 5.75 Å². The van der Waals surface area contributed by atoms with Crippen molar-refractivity contribution in [2.24, 2.45) is 0 Å². The Kier molecular flexibility index (Phi) is 5.58. The van der Waals surface area contributed by atoms with Crippen molar-refractivity contribution in [3.05, 3.63) is 58.1 Å². The van der Waals surface area contributed by atoms with Crippen molar-refractivity contribution in [2.45, 2.75) is 13.8 Å². The van der Waals surface area contributed by atoms with Gasteiger partial charge in [0.2, 0.25) is 0 Å². The number of ether oxygens (including phenoxy) is 1. The van der Waals surface area contributed by atoms with E-state index in [1.807, 2.05) is 32.0 Å². The average Bonchev–Trinajstić information content (AvgIpc) is 2.50. The third-order valence-electron chi connectivity index (χ3n) is 3.41. The highest BCUT2D eigenvalue weighted by Gasteiger charge is 2.11. The number of aryl methyl sites for hydroxylation is 2. The highest BCUT2D eigenvalue weighted by molar-refractivity contribution is 7.80. The molecular formula is C17H17ClN2O2S. The van der Waals surface area contributed by atoms with Gasteiger partial charge in [-0.3, -0.25) is 10.1 Å². The zero-order chi connectivity index (χ0) is 17.0. The van der Waals surface area contributed by atoms with E-state index in [0.717, 1.165) is 11.3 Å². The van der Waals surface area contributed by atoms with E-state index in [1.165, 1.54) is 18.7 Å². The van der Waals surface area contributed by atoms with Crippen molar-refractivity contribution in [2.75, 3.05) is 12.4 Å². The van der Waals surface area contributed by atoms with Crippen molar-refractivity contribution in [1.82, 2.24) is 5.32 Å². The molecule has 0 heterocycles. The van der Waals surface area contributed by atoms with Crippen LogP contribution in [-0.2, 0) is 0 Å². The van der Waals surface area contributed by atoms with E-state index in [0.29, 0.717) is 16.3 Å². The maximum Gasteiger partial charge on any atom is 0.257 e. The van der Waals surface area contributed by atoms with E-state index < -0.39 is 0 Å². The summed E-state index contributed by atoms with van der Waals surface area (Å²) in [7, 11) is 1.52. The highest BCUT2D eigenvalue weighted by Crippen LogP contribution is 2.24. The summed E-state index contributed by atoms with van der Waals surface area (Å²) in [6.07, 6.45) is 0. The number of hydrogen-bond donors (Lipinski definition) is 2. The largest absolute Gasteiger partial charge is 0.495 e. The molecule has 2 aromatic carbocycles. The fourth-order valence-corrected chi connectivity index (χ4v) is 2.43. The van der Waals surface area contributed by atoms with Gasteiger partial charge in [-0.25, -0.2) is 0 Å². The summed E-state index contributed by atoms with van der Waals surface area (Å²) >= 11 is 11.2. The molecule has 0 saturated heterocycles. The first-order valence-electron chi connectivity index (χ1n) is 6.94. The lowest BCUT2D eigenvalue weighted by atomic mass is 10.1. The Morgan fingerprint density at radius 3 is 2.48 bits per heavy atom. The number of carbonyl (C=O) groups excluding carboxylic acids is 1. The van der Waals surface area contributed by atoms with Gasteiger partial charge in [-0.1, -0.05) is 17.7 Å². The number of carbonyl (C=O) groups is 1. The van der Waals surface area contributed by atoms with Crippen LogP contribution in [0.1, 0.15) is 21.5 Å². The molecule has 1 amide bonds. The Hall–Kier alpha value is -2.11. The van der Waals surface area contributed by atoms with Crippen LogP contribution in [0.2, 0.25) is 5.02 Å². The number of methoxy groups -OCH3 is 1. The standard InChI is InChI=1S/C17H17ClN2O2S/c1-10-4-6-13(8-11(10)2)19-17(23)20-16(21)12-5-7-15(22-3)14(18)9-12/h4-9H,1-3H3,(H2,19,20,21,23). The molecule has 0 aliphatic heterocycles. The fourth-order valence-electron chi connectivity index (χ4n) is 1.96. The summed E-state index contributed by atoms with van der Waals surface area (Å²) in [5.41, 5.74) is 3.57. The van der Waals surface area contributed by atoms with Crippen molar-refractivity contribution >= 4 is 40.5 Å². The predicted molar refractivity (Wildman–Crippen MR) is 97.6 cm³/mol. The number of anilines is 1. The quantitative estimate of drug-likeness (QED) is 0.820. The van der Waals surface area contributed by atoms with Crippen molar-refractivity contribution in [3.63, 3.8) is 0 Å². The van der Waals surface area contributed by atoms with Crippen molar-refractivity contribution < 1.29 is 9.53 Å². The molecule has 0 saturated carbocycles. The highest BCUT2D eigenvalue weighted by atomic mass is 35.5. The minimum Gasteiger partial charge on any atom is -0.495 e. The summed E-state index contributed by atoms with van der Waals surface area (Å²) in [5.74, 6) is 0.176. The second-order valence-electron chi connectivity index (χ2n) is 5.06. The van der Waals surface area contributed by atoms with Gasteiger partial charge >= 0.3 is 0 Å². The molecule has 0 radical (unpaired) electrons. The second kappa shape index (κ2) is 7.44. The fraction of sp³-hybridized carbons (Fsp3) is 0.176. The van der Waals surface area contributed by atoms with Crippen LogP contribution in [0.4, 0.5) is 5.69 Å². The monoisotopic (exact) mass is 348 g/mol. The molecule has 0 fully saturated rings. The third kappa shape index (κ3) is 4.43. The Balaban J connectivity index is 2.03.